The van der Waals surface area contributed by atoms with Crippen LogP contribution in [0.25, 0.3) is 10.9 Å². The fourth-order valence-electron chi connectivity index (χ4n) is 2.72. The Hall–Kier alpha value is -2.01. The summed E-state index contributed by atoms with van der Waals surface area (Å²) in [5, 5.41) is 0.691. The Morgan fingerprint density at radius 2 is 2.18 bits per heavy atom. The molecule has 0 spiro atoms. The highest BCUT2D eigenvalue weighted by Crippen LogP contribution is 2.29. The Balaban J connectivity index is 1.92. The van der Waals surface area contributed by atoms with Crippen molar-refractivity contribution in [3.63, 3.8) is 0 Å². The van der Waals surface area contributed by atoms with Crippen LogP contribution < -0.4 is 4.74 Å². The third-order valence-electron chi connectivity index (χ3n) is 3.81. The summed E-state index contributed by atoms with van der Waals surface area (Å²) < 4.78 is 21.4. The molecule has 0 amide bonds. The van der Waals surface area contributed by atoms with Crippen LogP contribution in [0.15, 0.2) is 36.7 Å². The van der Waals surface area contributed by atoms with Crippen molar-refractivity contribution in [2.45, 2.75) is 19.0 Å². The number of aromatic nitrogens is 2. The number of hydrogen-bond acceptors (Lipinski definition) is 3. The van der Waals surface area contributed by atoms with Gasteiger partial charge in [0.1, 0.15) is 5.50 Å². The van der Waals surface area contributed by atoms with Crippen LogP contribution in [0.5, 0.6) is 5.88 Å². The molecule has 0 radical (unpaired) electrons. The number of methoxy groups -OCH3 is 1. The van der Waals surface area contributed by atoms with Crippen molar-refractivity contribution in [3.8, 4) is 5.88 Å². The largest absolute Gasteiger partial charge is 0.481 e. The van der Waals surface area contributed by atoms with Crippen molar-refractivity contribution < 1.29 is 9.13 Å². The minimum absolute atomic E-state index is 0.173. The highest BCUT2D eigenvalue weighted by molar-refractivity contribution is 6.21. The van der Waals surface area contributed by atoms with Crippen LogP contribution in [0, 0.1) is 12.7 Å². The first-order chi connectivity index (χ1) is 10.6. The van der Waals surface area contributed by atoms with Crippen LogP contribution in [-0.2, 0) is 6.54 Å². The van der Waals surface area contributed by atoms with Crippen molar-refractivity contribution in [3.05, 3.63) is 48.2 Å². The molecule has 22 heavy (non-hydrogen) atoms. The van der Waals surface area contributed by atoms with Gasteiger partial charge in [-0.05, 0) is 25.1 Å². The summed E-state index contributed by atoms with van der Waals surface area (Å²) in [6.45, 7) is 3.26. The molecule has 116 valence electrons. The second-order valence-corrected chi connectivity index (χ2v) is 5.60. The molecule has 1 atom stereocenters. The molecule has 4 nitrogen and oxygen atoms in total. The van der Waals surface area contributed by atoms with Crippen LogP contribution in [0.2, 0.25) is 0 Å². The van der Waals surface area contributed by atoms with Crippen LogP contribution in [0.3, 0.4) is 0 Å². The van der Waals surface area contributed by atoms with E-state index in [9.17, 15) is 4.39 Å². The molecule has 0 fully saturated rings. The first-order valence-corrected chi connectivity index (χ1v) is 7.48. The van der Waals surface area contributed by atoms with E-state index in [1.54, 1.807) is 0 Å². The van der Waals surface area contributed by atoms with Gasteiger partial charge in [-0.3, -0.25) is 0 Å². The molecular formula is C16H17ClFN3O. The van der Waals surface area contributed by atoms with E-state index >= 15 is 0 Å². The molecule has 2 aromatic rings. The number of allylic oxidation sites excluding steroid dienone is 2. The lowest BCUT2D eigenvalue weighted by Gasteiger charge is -2.26. The van der Waals surface area contributed by atoms with Crippen LogP contribution in [0.1, 0.15) is 5.69 Å². The van der Waals surface area contributed by atoms with Crippen molar-refractivity contribution in [2.24, 2.45) is 0 Å². The van der Waals surface area contributed by atoms with E-state index in [0.29, 0.717) is 29.9 Å². The highest BCUT2D eigenvalue weighted by atomic mass is 35.5. The molecule has 0 saturated carbocycles. The van der Waals surface area contributed by atoms with Gasteiger partial charge in [0.15, 0.2) is 5.82 Å². The molecule has 1 aliphatic rings. The molecule has 0 N–H and O–H groups in total. The lowest BCUT2D eigenvalue weighted by Crippen LogP contribution is -2.29. The van der Waals surface area contributed by atoms with Crippen molar-refractivity contribution in [1.29, 1.82) is 0 Å². The van der Waals surface area contributed by atoms with E-state index in [0.717, 1.165) is 5.69 Å². The topological polar surface area (TPSA) is 30.3 Å². The first kappa shape index (κ1) is 14.9. The fraction of sp³-hybridized carbons (Fsp3) is 0.312. The van der Waals surface area contributed by atoms with E-state index in [1.165, 1.54) is 13.3 Å². The number of pyridine rings is 1. The second kappa shape index (κ2) is 6.01. The van der Waals surface area contributed by atoms with Gasteiger partial charge >= 0.3 is 0 Å². The Kier molecular flexibility index (Phi) is 4.07. The third kappa shape index (κ3) is 2.57. The van der Waals surface area contributed by atoms with E-state index in [2.05, 4.69) is 4.98 Å². The molecule has 1 aliphatic heterocycles. The average molecular weight is 322 g/mol. The maximum atomic E-state index is 14.2. The number of nitrogens with zero attached hydrogens (tertiary/aromatic N) is 3. The molecule has 1 unspecified atom stereocenters. The minimum atomic E-state index is -0.347. The highest BCUT2D eigenvalue weighted by Gasteiger charge is 2.17. The molecule has 0 aliphatic carbocycles. The Morgan fingerprint density at radius 1 is 1.36 bits per heavy atom. The quantitative estimate of drug-likeness (QED) is 0.638. The number of aryl methyl sites for hydroxylation is 1. The van der Waals surface area contributed by atoms with Gasteiger partial charge in [-0.1, -0.05) is 17.7 Å². The van der Waals surface area contributed by atoms with E-state index in [1.807, 2.05) is 46.9 Å². The van der Waals surface area contributed by atoms with Crippen LogP contribution in [0.4, 0.5) is 4.39 Å². The van der Waals surface area contributed by atoms with Gasteiger partial charge in [0.05, 0.1) is 24.2 Å². The Morgan fingerprint density at radius 3 is 2.91 bits per heavy atom. The van der Waals surface area contributed by atoms with Gasteiger partial charge in [-0.25, -0.2) is 9.37 Å². The van der Waals surface area contributed by atoms with E-state index < -0.39 is 0 Å². The third-order valence-corrected chi connectivity index (χ3v) is 4.20. The number of hydrogen-bond donors (Lipinski definition) is 0. The summed E-state index contributed by atoms with van der Waals surface area (Å²) in [6, 6.07) is 1.90. The van der Waals surface area contributed by atoms with Gasteiger partial charge in [0, 0.05) is 25.0 Å². The van der Waals surface area contributed by atoms with Gasteiger partial charge in [0.25, 0.3) is 0 Å². The Bertz CT molecular complexity index is 753. The van der Waals surface area contributed by atoms with Gasteiger partial charge in [0.2, 0.25) is 5.88 Å². The first-order valence-electron chi connectivity index (χ1n) is 7.05. The van der Waals surface area contributed by atoms with Gasteiger partial charge in [-0.2, -0.15) is 0 Å². The normalized spacial score (nSPS) is 17.5. The van der Waals surface area contributed by atoms with Crippen molar-refractivity contribution in [2.75, 3.05) is 13.7 Å². The van der Waals surface area contributed by atoms with E-state index in [-0.39, 0.29) is 11.3 Å². The Labute approximate surface area is 133 Å². The molecular weight excluding hydrogens is 305 g/mol. The monoisotopic (exact) mass is 321 g/mol. The zero-order valence-corrected chi connectivity index (χ0v) is 13.2. The fourth-order valence-corrected chi connectivity index (χ4v) is 2.96. The van der Waals surface area contributed by atoms with E-state index in [4.69, 9.17) is 16.3 Å². The molecule has 0 bridgehead atoms. The number of rotatable bonds is 4. The summed E-state index contributed by atoms with van der Waals surface area (Å²) in [5.74, 6) is 0.0923. The summed E-state index contributed by atoms with van der Waals surface area (Å²) in [5.41, 5.74) is 1.31. The van der Waals surface area contributed by atoms with Gasteiger partial charge in [-0.15, -0.1) is 0 Å². The predicted octanol–water partition coefficient (Wildman–Crippen LogP) is 3.44. The maximum Gasteiger partial charge on any atom is 0.222 e. The number of halogens is 2. The zero-order chi connectivity index (χ0) is 15.7. The summed E-state index contributed by atoms with van der Waals surface area (Å²) in [7, 11) is 1.54. The SMILES string of the molecule is COc1ncc(F)c2c1cc(C)n2CCN1C=CC=CC1Cl. The summed E-state index contributed by atoms with van der Waals surface area (Å²) in [4.78, 5) is 5.98. The van der Waals surface area contributed by atoms with Crippen molar-refractivity contribution in [1.82, 2.24) is 14.5 Å². The number of alkyl halides is 1. The van der Waals surface area contributed by atoms with Gasteiger partial charge < -0.3 is 14.2 Å². The lowest BCUT2D eigenvalue weighted by molar-refractivity contribution is 0.361. The van der Waals surface area contributed by atoms with Crippen molar-refractivity contribution >= 4 is 22.5 Å². The average Bonchev–Trinajstić information content (AvgIpc) is 2.84. The predicted molar refractivity (Wildman–Crippen MR) is 85.6 cm³/mol. The number of ether oxygens (including phenoxy) is 1. The summed E-state index contributed by atoms with van der Waals surface area (Å²) >= 11 is 6.23. The zero-order valence-electron chi connectivity index (χ0n) is 12.5. The van der Waals surface area contributed by atoms with Crippen LogP contribution >= 0.6 is 11.6 Å². The summed E-state index contributed by atoms with van der Waals surface area (Å²) in [6.07, 6.45) is 8.91. The maximum absolute atomic E-state index is 14.2. The molecule has 6 heteroatoms. The second-order valence-electron chi connectivity index (χ2n) is 5.15. The minimum Gasteiger partial charge on any atom is -0.481 e. The molecule has 0 saturated heterocycles. The molecule has 3 heterocycles. The standard InChI is InChI=1S/C16H17ClFN3O/c1-11-9-12-15(13(18)10-19-16(12)22-2)21(11)8-7-20-6-4-3-5-14(20)17/h3-6,9-10,14H,7-8H2,1-2H3. The molecule has 3 rings (SSSR count). The smallest absolute Gasteiger partial charge is 0.222 e. The lowest BCUT2D eigenvalue weighted by atomic mass is 10.3. The number of fused-ring (bicyclic) bond motifs is 1. The molecule has 2 aromatic heterocycles. The molecule has 0 aromatic carbocycles. The van der Waals surface area contributed by atoms with Crippen LogP contribution in [-0.4, -0.2) is 33.6 Å².